The average molecular weight is 225 g/mol. The van der Waals surface area contributed by atoms with Crippen molar-refractivity contribution in [1.82, 2.24) is 0 Å². The third kappa shape index (κ3) is 3.06. The molecule has 1 aliphatic heterocycles. The Kier molecular flexibility index (Phi) is 3.96. The van der Waals surface area contributed by atoms with Gasteiger partial charge in [0.15, 0.2) is 0 Å². The fourth-order valence-corrected chi connectivity index (χ4v) is 2.12. The highest BCUT2D eigenvalue weighted by molar-refractivity contribution is 5.75. The van der Waals surface area contributed by atoms with E-state index in [1.807, 2.05) is 12.2 Å². The topological polar surface area (TPSA) is 61.6 Å². The van der Waals surface area contributed by atoms with E-state index in [1.54, 1.807) is 0 Å². The van der Waals surface area contributed by atoms with Gasteiger partial charge in [-0.2, -0.15) is 0 Å². The lowest BCUT2D eigenvalue weighted by molar-refractivity contribution is -0.152. The summed E-state index contributed by atoms with van der Waals surface area (Å²) in [5.41, 5.74) is 5.68. The lowest BCUT2D eigenvalue weighted by Gasteiger charge is -2.22. The summed E-state index contributed by atoms with van der Waals surface area (Å²) in [6.07, 6.45) is 7.74. The van der Waals surface area contributed by atoms with Gasteiger partial charge in [0.25, 0.3) is 0 Å². The minimum absolute atomic E-state index is 0.00322. The first-order valence-corrected chi connectivity index (χ1v) is 5.98. The molecule has 1 fully saturated rings. The van der Waals surface area contributed by atoms with Crippen molar-refractivity contribution in [2.24, 2.45) is 11.7 Å². The molecule has 4 heteroatoms. The number of carbonyl (C=O) groups is 1. The van der Waals surface area contributed by atoms with Crippen LogP contribution in [-0.4, -0.2) is 31.3 Å². The predicted octanol–water partition coefficient (Wildman–Crippen LogP) is 1.00. The highest BCUT2D eigenvalue weighted by atomic mass is 16.6. The van der Waals surface area contributed by atoms with Crippen LogP contribution in [0.2, 0.25) is 0 Å². The van der Waals surface area contributed by atoms with Gasteiger partial charge in [-0.1, -0.05) is 12.2 Å². The molecule has 0 spiro atoms. The molecule has 0 saturated carbocycles. The Balaban J connectivity index is 1.69. The van der Waals surface area contributed by atoms with E-state index in [2.05, 4.69) is 0 Å². The van der Waals surface area contributed by atoms with Crippen LogP contribution in [0.3, 0.4) is 0 Å². The first-order valence-electron chi connectivity index (χ1n) is 5.98. The third-order valence-electron chi connectivity index (χ3n) is 3.10. The van der Waals surface area contributed by atoms with Gasteiger partial charge in [-0.3, -0.25) is 4.79 Å². The Morgan fingerprint density at radius 1 is 1.44 bits per heavy atom. The van der Waals surface area contributed by atoms with Gasteiger partial charge in [0.05, 0.1) is 12.0 Å². The summed E-state index contributed by atoms with van der Waals surface area (Å²) in [7, 11) is 0. The van der Waals surface area contributed by atoms with Gasteiger partial charge in [-0.15, -0.1) is 0 Å². The summed E-state index contributed by atoms with van der Waals surface area (Å²) >= 11 is 0. The minimum Gasteiger partial charge on any atom is -0.462 e. The number of ether oxygens (including phenoxy) is 2. The van der Waals surface area contributed by atoms with Gasteiger partial charge in [0.2, 0.25) is 0 Å². The van der Waals surface area contributed by atoms with Crippen LogP contribution in [0.5, 0.6) is 0 Å². The van der Waals surface area contributed by atoms with E-state index in [1.165, 1.54) is 0 Å². The SMILES string of the molecule is NC1C=CC(C(=O)OCC2CCCCO2)C1. The summed E-state index contributed by atoms with van der Waals surface area (Å²) < 4.78 is 10.7. The molecule has 0 aromatic carbocycles. The Bertz CT molecular complexity index is 271. The maximum absolute atomic E-state index is 11.6. The van der Waals surface area contributed by atoms with Gasteiger partial charge >= 0.3 is 5.97 Å². The molecule has 0 bridgehead atoms. The molecule has 16 heavy (non-hydrogen) atoms. The molecule has 1 heterocycles. The molecule has 90 valence electrons. The van der Waals surface area contributed by atoms with Crippen molar-refractivity contribution in [3.05, 3.63) is 12.2 Å². The van der Waals surface area contributed by atoms with Crippen molar-refractivity contribution in [3.8, 4) is 0 Å². The zero-order valence-electron chi connectivity index (χ0n) is 9.43. The van der Waals surface area contributed by atoms with Crippen LogP contribution in [0.15, 0.2) is 12.2 Å². The van der Waals surface area contributed by atoms with Crippen LogP contribution in [0.1, 0.15) is 25.7 Å². The highest BCUT2D eigenvalue weighted by Crippen LogP contribution is 2.19. The molecule has 4 nitrogen and oxygen atoms in total. The van der Waals surface area contributed by atoms with Crippen LogP contribution in [0.25, 0.3) is 0 Å². The zero-order valence-corrected chi connectivity index (χ0v) is 9.43. The molecule has 0 amide bonds. The van der Waals surface area contributed by atoms with E-state index < -0.39 is 0 Å². The first kappa shape index (κ1) is 11.6. The number of hydrogen-bond acceptors (Lipinski definition) is 4. The fourth-order valence-electron chi connectivity index (χ4n) is 2.12. The number of carbonyl (C=O) groups excluding carboxylic acids is 1. The van der Waals surface area contributed by atoms with Crippen LogP contribution in [-0.2, 0) is 14.3 Å². The number of rotatable bonds is 3. The molecule has 1 saturated heterocycles. The standard InChI is InChI=1S/C12H19NO3/c13-10-5-4-9(7-10)12(14)16-8-11-3-1-2-6-15-11/h4-5,9-11H,1-3,6-8,13H2. The molecule has 1 aliphatic carbocycles. The van der Waals surface area contributed by atoms with E-state index >= 15 is 0 Å². The van der Waals surface area contributed by atoms with Crippen molar-refractivity contribution in [2.75, 3.05) is 13.2 Å². The second-order valence-electron chi connectivity index (χ2n) is 4.51. The van der Waals surface area contributed by atoms with Crippen molar-refractivity contribution < 1.29 is 14.3 Å². The second-order valence-corrected chi connectivity index (χ2v) is 4.51. The molecule has 0 aromatic heterocycles. The van der Waals surface area contributed by atoms with Crippen molar-refractivity contribution >= 4 is 5.97 Å². The molecule has 2 N–H and O–H groups in total. The molecule has 0 radical (unpaired) electrons. The Labute approximate surface area is 95.8 Å². The zero-order chi connectivity index (χ0) is 11.4. The Morgan fingerprint density at radius 2 is 2.31 bits per heavy atom. The molecule has 3 atom stereocenters. The predicted molar refractivity (Wildman–Crippen MR) is 59.8 cm³/mol. The van der Waals surface area contributed by atoms with Crippen LogP contribution < -0.4 is 5.73 Å². The minimum atomic E-state index is -0.168. The number of hydrogen-bond donors (Lipinski definition) is 1. The summed E-state index contributed by atoms with van der Waals surface area (Å²) in [5, 5.41) is 0. The number of nitrogens with two attached hydrogens (primary N) is 1. The maximum Gasteiger partial charge on any atom is 0.312 e. The Hall–Kier alpha value is -0.870. The summed E-state index contributed by atoms with van der Waals surface area (Å²) in [6, 6.07) is 0.00322. The van der Waals surface area contributed by atoms with Gasteiger partial charge in [-0.05, 0) is 25.7 Å². The first-order chi connectivity index (χ1) is 7.75. The van der Waals surface area contributed by atoms with E-state index in [0.717, 1.165) is 25.9 Å². The summed E-state index contributed by atoms with van der Waals surface area (Å²) in [5.74, 6) is -0.322. The smallest absolute Gasteiger partial charge is 0.312 e. The van der Waals surface area contributed by atoms with Crippen LogP contribution in [0, 0.1) is 5.92 Å². The second kappa shape index (κ2) is 5.46. The monoisotopic (exact) mass is 225 g/mol. The van der Waals surface area contributed by atoms with E-state index in [0.29, 0.717) is 13.0 Å². The molecular formula is C12H19NO3. The van der Waals surface area contributed by atoms with Gasteiger partial charge in [-0.25, -0.2) is 0 Å². The van der Waals surface area contributed by atoms with Crippen LogP contribution in [0.4, 0.5) is 0 Å². The Morgan fingerprint density at radius 3 is 2.94 bits per heavy atom. The fraction of sp³-hybridized carbons (Fsp3) is 0.750. The highest BCUT2D eigenvalue weighted by Gasteiger charge is 2.25. The maximum atomic E-state index is 11.6. The molecule has 0 aromatic rings. The number of esters is 1. The van der Waals surface area contributed by atoms with E-state index in [4.69, 9.17) is 15.2 Å². The van der Waals surface area contributed by atoms with Crippen molar-refractivity contribution in [2.45, 2.75) is 37.8 Å². The molecule has 2 rings (SSSR count). The third-order valence-corrected chi connectivity index (χ3v) is 3.10. The van der Waals surface area contributed by atoms with Crippen molar-refractivity contribution in [3.63, 3.8) is 0 Å². The van der Waals surface area contributed by atoms with Gasteiger partial charge < -0.3 is 15.2 Å². The normalized spacial score (nSPS) is 33.9. The van der Waals surface area contributed by atoms with E-state index in [9.17, 15) is 4.79 Å². The lowest BCUT2D eigenvalue weighted by atomic mass is 10.1. The molecular weight excluding hydrogens is 206 g/mol. The summed E-state index contributed by atoms with van der Waals surface area (Å²) in [6.45, 7) is 1.18. The summed E-state index contributed by atoms with van der Waals surface area (Å²) in [4.78, 5) is 11.6. The molecule has 2 aliphatic rings. The average Bonchev–Trinajstić information content (AvgIpc) is 2.74. The molecule has 3 unspecified atom stereocenters. The van der Waals surface area contributed by atoms with Crippen LogP contribution >= 0.6 is 0 Å². The van der Waals surface area contributed by atoms with Gasteiger partial charge in [0.1, 0.15) is 6.61 Å². The quantitative estimate of drug-likeness (QED) is 0.575. The lowest BCUT2D eigenvalue weighted by Crippen LogP contribution is -2.28. The van der Waals surface area contributed by atoms with Gasteiger partial charge in [0, 0.05) is 12.6 Å². The largest absolute Gasteiger partial charge is 0.462 e. The van der Waals surface area contributed by atoms with E-state index in [-0.39, 0.29) is 24.0 Å². The van der Waals surface area contributed by atoms with Crippen molar-refractivity contribution in [1.29, 1.82) is 0 Å².